The van der Waals surface area contributed by atoms with Crippen molar-refractivity contribution < 1.29 is 19.0 Å². The molecule has 1 fully saturated rings. The van der Waals surface area contributed by atoms with E-state index >= 15 is 0 Å². The molecule has 1 saturated heterocycles. The Morgan fingerprint density at radius 2 is 2.07 bits per heavy atom. The highest BCUT2D eigenvalue weighted by molar-refractivity contribution is 5.94. The summed E-state index contributed by atoms with van der Waals surface area (Å²) in [5.74, 6) is 0.328. The largest absolute Gasteiger partial charge is 0.496 e. The van der Waals surface area contributed by atoms with Gasteiger partial charge in [-0.25, -0.2) is 4.39 Å². The van der Waals surface area contributed by atoms with E-state index in [2.05, 4.69) is 0 Å². The van der Waals surface area contributed by atoms with Crippen LogP contribution in [0.3, 0.4) is 0 Å². The van der Waals surface area contributed by atoms with E-state index in [1.54, 1.807) is 42.3 Å². The van der Waals surface area contributed by atoms with Crippen LogP contribution in [0.25, 0.3) is 0 Å². The van der Waals surface area contributed by atoms with Crippen LogP contribution in [0.15, 0.2) is 42.5 Å². The van der Waals surface area contributed by atoms with Crippen LogP contribution >= 0.6 is 0 Å². The monoisotopic (exact) mass is 371 g/mol. The number of methoxy groups -OCH3 is 1. The number of hydrogen-bond donors (Lipinski definition) is 1. The molecule has 0 saturated carbocycles. The molecule has 0 bridgehead atoms. The maximum atomic E-state index is 14.1. The second-order valence-electron chi connectivity index (χ2n) is 7.44. The maximum absolute atomic E-state index is 14.1. The summed E-state index contributed by atoms with van der Waals surface area (Å²) in [6.07, 6.45) is 1.96. The number of carbonyl (C=O) groups is 1. The summed E-state index contributed by atoms with van der Waals surface area (Å²) in [4.78, 5) is 14.8. The van der Waals surface area contributed by atoms with Gasteiger partial charge in [0.15, 0.2) is 0 Å². The average molecular weight is 371 g/mol. The Kier molecular flexibility index (Phi) is 5.80. The molecule has 2 aromatic rings. The molecule has 5 heteroatoms. The number of nitrogens with zero attached hydrogens (tertiary/aromatic N) is 1. The normalized spacial score (nSPS) is 19.8. The van der Waals surface area contributed by atoms with Gasteiger partial charge < -0.3 is 14.7 Å². The first-order chi connectivity index (χ1) is 13.0. The molecule has 1 heterocycles. The first-order valence-corrected chi connectivity index (χ1v) is 9.26. The Bertz CT molecular complexity index is 823. The predicted molar refractivity (Wildman–Crippen MR) is 102 cm³/mol. The van der Waals surface area contributed by atoms with Gasteiger partial charge in [0.1, 0.15) is 11.6 Å². The molecule has 1 N–H and O–H groups in total. The number of rotatable bonds is 5. The highest BCUT2D eigenvalue weighted by Gasteiger charge is 2.37. The summed E-state index contributed by atoms with van der Waals surface area (Å²) < 4.78 is 19.4. The topological polar surface area (TPSA) is 49.8 Å². The van der Waals surface area contributed by atoms with Gasteiger partial charge in [-0.3, -0.25) is 4.79 Å². The summed E-state index contributed by atoms with van der Waals surface area (Å²) in [5, 5.41) is 10.1. The van der Waals surface area contributed by atoms with Crippen LogP contribution in [-0.2, 0) is 6.42 Å². The highest BCUT2D eigenvalue weighted by atomic mass is 19.1. The summed E-state index contributed by atoms with van der Waals surface area (Å²) in [7, 11) is 1.59. The van der Waals surface area contributed by atoms with E-state index in [1.165, 1.54) is 6.07 Å². The second kappa shape index (κ2) is 8.09. The Morgan fingerprint density at radius 1 is 1.30 bits per heavy atom. The minimum atomic E-state index is -0.523. The maximum Gasteiger partial charge on any atom is 0.254 e. The molecule has 1 amide bonds. The van der Waals surface area contributed by atoms with Gasteiger partial charge in [-0.2, -0.15) is 0 Å². The van der Waals surface area contributed by atoms with Crippen molar-refractivity contribution in [3.05, 3.63) is 65.0 Å². The van der Waals surface area contributed by atoms with Gasteiger partial charge in [-0.1, -0.05) is 24.3 Å². The third-order valence-electron chi connectivity index (χ3n) is 5.46. The Balaban J connectivity index is 1.81. The zero-order chi connectivity index (χ0) is 19.4. The van der Waals surface area contributed by atoms with Crippen molar-refractivity contribution in [3.63, 3.8) is 0 Å². The van der Waals surface area contributed by atoms with E-state index in [4.69, 9.17) is 4.74 Å². The lowest BCUT2D eigenvalue weighted by atomic mass is 9.75. The van der Waals surface area contributed by atoms with Gasteiger partial charge >= 0.3 is 0 Å². The molecule has 1 unspecified atom stereocenters. The van der Waals surface area contributed by atoms with Crippen LogP contribution in [-0.4, -0.2) is 42.7 Å². The van der Waals surface area contributed by atoms with Crippen LogP contribution in [0.1, 0.15) is 34.3 Å². The second-order valence-corrected chi connectivity index (χ2v) is 7.44. The van der Waals surface area contributed by atoms with E-state index in [9.17, 15) is 14.3 Å². The van der Waals surface area contributed by atoms with Crippen molar-refractivity contribution >= 4 is 5.91 Å². The molecule has 3 rings (SSSR count). The lowest BCUT2D eigenvalue weighted by Gasteiger charge is -2.42. The highest BCUT2D eigenvalue weighted by Crippen LogP contribution is 2.35. The van der Waals surface area contributed by atoms with E-state index in [0.717, 1.165) is 18.4 Å². The fourth-order valence-corrected chi connectivity index (χ4v) is 3.89. The molecular weight excluding hydrogens is 345 g/mol. The molecule has 1 aliphatic heterocycles. The molecule has 2 aromatic carbocycles. The Morgan fingerprint density at radius 3 is 2.78 bits per heavy atom. The van der Waals surface area contributed by atoms with Crippen molar-refractivity contribution in [1.82, 2.24) is 4.90 Å². The summed E-state index contributed by atoms with van der Waals surface area (Å²) in [6, 6.07) is 12.1. The van der Waals surface area contributed by atoms with Gasteiger partial charge in [0, 0.05) is 24.1 Å². The lowest BCUT2D eigenvalue weighted by Crippen LogP contribution is -2.49. The van der Waals surface area contributed by atoms with Gasteiger partial charge in [0.05, 0.1) is 13.7 Å². The van der Waals surface area contributed by atoms with E-state index in [0.29, 0.717) is 36.4 Å². The van der Waals surface area contributed by atoms with Gasteiger partial charge in [0.2, 0.25) is 0 Å². The number of hydrogen-bond acceptors (Lipinski definition) is 3. The summed E-state index contributed by atoms with van der Waals surface area (Å²) in [5.41, 5.74) is 1.59. The van der Waals surface area contributed by atoms with Crippen LogP contribution in [0, 0.1) is 18.2 Å². The molecule has 0 radical (unpaired) electrons. The fraction of sp³-hybridized carbons (Fsp3) is 0.409. The fourth-order valence-electron chi connectivity index (χ4n) is 3.89. The van der Waals surface area contributed by atoms with Gasteiger partial charge in [-0.05, 0) is 55.5 Å². The smallest absolute Gasteiger partial charge is 0.254 e. The van der Waals surface area contributed by atoms with Crippen molar-refractivity contribution in [2.24, 2.45) is 5.41 Å². The number of aliphatic hydroxyl groups is 1. The minimum absolute atomic E-state index is 0.0810. The first-order valence-electron chi connectivity index (χ1n) is 9.26. The molecule has 0 aliphatic carbocycles. The molecule has 4 nitrogen and oxygen atoms in total. The van der Waals surface area contributed by atoms with Crippen molar-refractivity contribution in [2.45, 2.75) is 26.2 Å². The zero-order valence-corrected chi connectivity index (χ0v) is 15.9. The SMILES string of the molecule is COc1cc(C(=O)N2CCCC(CO)(Cc3ccccc3F)C2)ccc1C. The Hall–Kier alpha value is -2.40. The quantitative estimate of drug-likeness (QED) is 0.874. The van der Waals surface area contributed by atoms with Gasteiger partial charge in [-0.15, -0.1) is 0 Å². The number of halogens is 1. The molecule has 0 aromatic heterocycles. The Labute approximate surface area is 159 Å². The van der Waals surface area contributed by atoms with Crippen LogP contribution < -0.4 is 4.74 Å². The minimum Gasteiger partial charge on any atom is -0.496 e. The van der Waals surface area contributed by atoms with Crippen molar-refractivity contribution in [1.29, 1.82) is 0 Å². The molecule has 144 valence electrons. The van der Waals surface area contributed by atoms with E-state index < -0.39 is 5.41 Å². The number of aryl methyl sites for hydroxylation is 1. The predicted octanol–water partition coefficient (Wildman–Crippen LogP) is 3.60. The summed E-state index contributed by atoms with van der Waals surface area (Å²) >= 11 is 0. The number of benzene rings is 2. The number of ether oxygens (including phenoxy) is 1. The molecule has 27 heavy (non-hydrogen) atoms. The number of carbonyl (C=O) groups excluding carboxylic acids is 1. The number of piperidine rings is 1. The van der Waals surface area contributed by atoms with Gasteiger partial charge in [0.25, 0.3) is 5.91 Å². The third-order valence-corrected chi connectivity index (χ3v) is 5.46. The van der Waals surface area contributed by atoms with E-state index in [1.807, 2.05) is 13.0 Å². The molecular formula is C22H26FNO3. The average Bonchev–Trinajstić information content (AvgIpc) is 2.70. The van der Waals surface area contributed by atoms with Crippen LogP contribution in [0.2, 0.25) is 0 Å². The number of likely N-dealkylation sites (tertiary alicyclic amines) is 1. The van der Waals surface area contributed by atoms with Crippen molar-refractivity contribution in [3.8, 4) is 5.75 Å². The van der Waals surface area contributed by atoms with Crippen LogP contribution in [0.5, 0.6) is 5.75 Å². The molecule has 1 aliphatic rings. The first kappa shape index (κ1) is 19.4. The lowest BCUT2D eigenvalue weighted by molar-refractivity contribution is 0.0268. The number of amides is 1. The van der Waals surface area contributed by atoms with E-state index in [-0.39, 0.29) is 18.3 Å². The van der Waals surface area contributed by atoms with Crippen molar-refractivity contribution in [2.75, 3.05) is 26.8 Å². The van der Waals surface area contributed by atoms with Crippen LogP contribution in [0.4, 0.5) is 4.39 Å². The zero-order valence-electron chi connectivity index (χ0n) is 15.9. The molecule has 1 atom stereocenters. The summed E-state index contributed by atoms with van der Waals surface area (Å²) in [6.45, 7) is 2.89. The third kappa shape index (κ3) is 4.14. The number of aliphatic hydroxyl groups excluding tert-OH is 1. The standard InChI is InChI=1S/C22H26FNO3/c1-16-8-9-17(12-20(16)27-2)21(26)24-11-5-10-22(14-24,15-25)13-18-6-3-4-7-19(18)23/h3-4,6-9,12,25H,5,10-11,13-15H2,1-2H3. The molecule has 0 spiro atoms.